The summed E-state index contributed by atoms with van der Waals surface area (Å²) in [6.07, 6.45) is -4.23. The molecule has 19 heavy (non-hydrogen) atoms. The Morgan fingerprint density at radius 3 is 2.58 bits per heavy atom. The van der Waals surface area contributed by atoms with Gasteiger partial charge in [-0.1, -0.05) is 0 Å². The molecule has 1 aliphatic carbocycles. The predicted octanol–water partition coefficient (Wildman–Crippen LogP) is 2.03. The van der Waals surface area contributed by atoms with Gasteiger partial charge in [-0.3, -0.25) is 0 Å². The van der Waals surface area contributed by atoms with E-state index in [-0.39, 0.29) is 15.7 Å². The fraction of sp³-hybridized carbons (Fsp3) is 0.667. The Morgan fingerprint density at radius 1 is 1.42 bits per heavy atom. The minimum Gasteiger partial charge on any atom is -0.382 e. The molecule has 5 nitrogen and oxygen atoms in total. The van der Waals surface area contributed by atoms with E-state index in [2.05, 4.69) is 9.69 Å². The molecule has 0 spiro atoms. The van der Waals surface area contributed by atoms with Crippen molar-refractivity contribution in [2.45, 2.75) is 35.6 Å². The lowest BCUT2D eigenvalue weighted by atomic mass is 10.4. The topological polar surface area (TPSA) is 85.1 Å². The Morgan fingerprint density at radius 2 is 2.05 bits per heavy atom. The van der Waals surface area contributed by atoms with Gasteiger partial charge in [-0.15, -0.1) is 0 Å². The molecule has 108 valence electrons. The maximum absolute atomic E-state index is 12.1. The van der Waals surface area contributed by atoms with Crippen molar-refractivity contribution in [1.82, 2.24) is 4.37 Å². The molecule has 2 rings (SSSR count). The van der Waals surface area contributed by atoms with E-state index in [0.29, 0.717) is 12.8 Å². The summed E-state index contributed by atoms with van der Waals surface area (Å²) < 4.78 is 64.0. The van der Waals surface area contributed by atoms with Crippen LogP contribution in [-0.4, -0.2) is 30.8 Å². The maximum Gasteiger partial charge on any atom is 0.390 e. The quantitative estimate of drug-likeness (QED) is 0.868. The number of anilines is 2. The van der Waals surface area contributed by atoms with Crippen molar-refractivity contribution in [2.24, 2.45) is 0 Å². The van der Waals surface area contributed by atoms with E-state index in [1.54, 1.807) is 0 Å². The number of alkyl halides is 3. The van der Waals surface area contributed by atoms with E-state index in [0.717, 1.165) is 11.5 Å². The minimum atomic E-state index is -4.29. The molecule has 3 N–H and O–H groups in total. The number of nitrogen functional groups attached to an aromatic ring is 1. The van der Waals surface area contributed by atoms with Crippen molar-refractivity contribution in [3.8, 4) is 0 Å². The van der Waals surface area contributed by atoms with Gasteiger partial charge in [0.25, 0.3) is 0 Å². The van der Waals surface area contributed by atoms with Gasteiger partial charge in [-0.2, -0.15) is 17.5 Å². The van der Waals surface area contributed by atoms with Gasteiger partial charge in [-0.05, 0) is 24.4 Å². The van der Waals surface area contributed by atoms with Crippen molar-refractivity contribution < 1.29 is 21.6 Å². The van der Waals surface area contributed by atoms with E-state index in [9.17, 15) is 21.6 Å². The zero-order chi connectivity index (χ0) is 14.3. The number of hydrogen-bond donors (Lipinski definition) is 2. The molecule has 1 aromatic heterocycles. The summed E-state index contributed by atoms with van der Waals surface area (Å²) >= 11 is 0.766. The third kappa shape index (κ3) is 3.30. The zero-order valence-corrected chi connectivity index (χ0v) is 11.3. The highest BCUT2D eigenvalue weighted by atomic mass is 32.2. The van der Waals surface area contributed by atoms with Crippen molar-refractivity contribution in [1.29, 1.82) is 0 Å². The molecular weight excluding hydrogens is 303 g/mol. The lowest BCUT2D eigenvalue weighted by Gasteiger charge is -2.09. The summed E-state index contributed by atoms with van der Waals surface area (Å²) in [5.41, 5.74) is 5.51. The number of nitrogens with two attached hydrogens (primary N) is 1. The molecule has 0 saturated heterocycles. The Hall–Kier alpha value is -1.03. The van der Waals surface area contributed by atoms with Crippen LogP contribution >= 0.6 is 11.5 Å². The van der Waals surface area contributed by atoms with Crippen molar-refractivity contribution in [3.05, 3.63) is 0 Å². The number of hydrogen-bond acceptors (Lipinski definition) is 6. The lowest BCUT2D eigenvalue weighted by molar-refractivity contribution is -0.131. The molecule has 0 atom stereocenters. The summed E-state index contributed by atoms with van der Waals surface area (Å²) in [4.78, 5) is -0.151. The van der Waals surface area contributed by atoms with Crippen LogP contribution in [0.3, 0.4) is 0 Å². The Labute approximate surface area is 112 Å². The summed E-state index contributed by atoms with van der Waals surface area (Å²) in [7, 11) is -3.57. The van der Waals surface area contributed by atoms with Gasteiger partial charge in [0, 0.05) is 6.54 Å². The Bertz CT molecular complexity index is 564. The zero-order valence-electron chi connectivity index (χ0n) is 9.70. The van der Waals surface area contributed by atoms with E-state index in [4.69, 9.17) is 5.73 Å². The minimum absolute atomic E-state index is 0.0913. The highest BCUT2D eigenvalue weighted by Gasteiger charge is 2.40. The van der Waals surface area contributed by atoms with Crippen LogP contribution < -0.4 is 11.1 Å². The first-order chi connectivity index (χ1) is 8.72. The van der Waals surface area contributed by atoms with E-state index in [1.165, 1.54) is 0 Å². The largest absolute Gasteiger partial charge is 0.390 e. The van der Waals surface area contributed by atoms with Crippen LogP contribution in [0.5, 0.6) is 0 Å². The summed E-state index contributed by atoms with van der Waals surface area (Å²) in [6.45, 7) is -0.404. The van der Waals surface area contributed by atoms with Gasteiger partial charge in [0.15, 0.2) is 15.7 Å². The van der Waals surface area contributed by atoms with Gasteiger partial charge < -0.3 is 11.1 Å². The normalized spacial score (nSPS) is 16.6. The first-order valence-electron chi connectivity index (χ1n) is 5.51. The fourth-order valence-corrected chi connectivity index (χ4v) is 4.46. The molecule has 1 fully saturated rings. The van der Waals surface area contributed by atoms with Crippen LogP contribution in [-0.2, 0) is 9.84 Å². The molecule has 1 saturated carbocycles. The maximum atomic E-state index is 12.1. The standard InChI is InChI=1S/C9H12F3N3O2S2/c10-9(11,12)3-4-14-8-6(7(13)15-18-8)19(16,17)5-1-2-5/h5,14H,1-4H2,(H2,13,15). The number of sulfone groups is 1. The first-order valence-corrected chi connectivity index (χ1v) is 7.83. The first kappa shape index (κ1) is 14.4. The van der Waals surface area contributed by atoms with Gasteiger partial charge in [-0.25, -0.2) is 8.42 Å². The number of rotatable bonds is 5. The van der Waals surface area contributed by atoms with Crippen LogP contribution in [0, 0.1) is 0 Å². The molecule has 1 heterocycles. The van der Waals surface area contributed by atoms with Crippen LogP contribution in [0.25, 0.3) is 0 Å². The highest BCUT2D eigenvalue weighted by Crippen LogP contribution is 2.41. The number of aromatic nitrogens is 1. The van der Waals surface area contributed by atoms with E-state index in [1.807, 2.05) is 0 Å². The van der Waals surface area contributed by atoms with E-state index < -0.39 is 34.2 Å². The molecule has 10 heteroatoms. The molecule has 0 radical (unpaired) electrons. The van der Waals surface area contributed by atoms with Crippen LogP contribution in [0.4, 0.5) is 24.0 Å². The monoisotopic (exact) mass is 315 g/mol. The van der Waals surface area contributed by atoms with Crippen LogP contribution in [0.1, 0.15) is 19.3 Å². The molecule has 1 aromatic rings. The van der Waals surface area contributed by atoms with Gasteiger partial charge >= 0.3 is 6.18 Å². The third-order valence-corrected chi connectivity index (χ3v) is 5.90. The van der Waals surface area contributed by atoms with E-state index >= 15 is 0 Å². The summed E-state index contributed by atoms with van der Waals surface area (Å²) in [5.74, 6) is -0.147. The van der Waals surface area contributed by atoms with Crippen molar-refractivity contribution >= 4 is 32.2 Å². The number of nitrogens with zero attached hydrogens (tertiary/aromatic N) is 1. The average Bonchev–Trinajstić information content (AvgIpc) is 3.03. The summed E-state index contributed by atoms with van der Waals surface area (Å²) in [5, 5.41) is 2.07. The number of halogens is 3. The smallest absolute Gasteiger partial charge is 0.382 e. The Balaban J connectivity index is 2.14. The van der Waals surface area contributed by atoms with Gasteiger partial charge in [0.1, 0.15) is 9.90 Å². The molecule has 0 aromatic carbocycles. The third-order valence-electron chi connectivity index (χ3n) is 2.62. The summed E-state index contributed by atoms with van der Waals surface area (Å²) in [6, 6.07) is 0. The highest BCUT2D eigenvalue weighted by molar-refractivity contribution is 7.92. The second-order valence-corrected chi connectivity index (χ2v) is 7.20. The molecule has 0 aliphatic heterocycles. The molecular formula is C9H12F3N3O2S2. The molecule has 0 unspecified atom stereocenters. The lowest BCUT2D eigenvalue weighted by Crippen LogP contribution is -2.16. The van der Waals surface area contributed by atoms with Gasteiger partial charge in [0.05, 0.1) is 11.7 Å². The predicted molar refractivity (Wildman–Crippen MR) is 65.9 cm³/mol. The fourth-order valence-electron chi connectivity index (χ4n) is 1.54. The molecule has 0 bridgehead atoms. The SMILES string of the molecule is Nc1nsc(NCCC(F)(F)F)c1S(=O)(=O)C1CC1. The average molecular weight is 315 g/mol. The molecule has 1 aliphatic rings. The van der Waals surface area contributed by atoms with Crippen LogP contribution in [0.2, 0.25) is 0 Å². The second-order valence-electron chi connectivity index (χ2n) is 4.26. The van der Waals surface area contributed by atoms with Crippen LogP contribution in [0.15, 0.2) is 4.90 Å². The Kier molecular flexibility index (Phi) is 3.65. The van der Waals surface area contributed by atoms with Gasteiger partial charge in [0.2, 0.25) is 0 Å². The number of nitrogens with one attached hydrogen (secondary N) is 1. The molecule has 0 amide bonds. The van der Waals surface area contributed by atoms with Crippen molar-refractivity contribution in [2.75, 3.05) is 17.6 Å². The van der Waals surface area contributed by atoms with Crippen molar-refractivity contribution in [3.63, 3.8) is 0 Å². The second kappa shape index (κ2) is 4.82.